The van der Waals surface area contributed by atoms with Crippen LogP contribution in [0, 0.1) is 0 Å². The number of hydrogen-bond acceptors (Lipinski definition) is 6. The molecule has 1 saturated carbocycles. The van der Waals surface area contributed by atoms with Gasteiger partial charge in [0, 0.05) is 5.92 Å². The summed E-state index contributed by atoms with van der Waals surface area (Å²) in [6, 6.07) is 0. The van der Waals surface area contributed by atoms with Gasteiger partial charge in [-0.1, -0.05) is 13.8 Å². The highest BCUT2D eigenvalue weighted by atomic mass is 32.2. The molecule has 2 aromatic rings. The van der Waals surface area contributed by atoms with Crippen molar-refractivity contribution in [1.82, 2.24) is 19.4 Å². The van der Waals surface area contributed by atoms with Gasteiger partial charge in [-0.3, -0.25) is 0 Å². The zero-order valence-electron chi connectivity index (χ0n) is 10.6. The van der Waals surface area contributed by atoms with Crippen molar-refractivity contribution in [3.63, 3.8) is 0 Å². The molecule has 1 aliphatic carbocycles. The Hall–Kier alpha value is -1.70. The molecule has 7 nitrogen and oxygen atoms in total. The summed E-state index contributed by atoms with van der Waals surface area (Å²) < 4.78 is 30.4. The maximum Gasteiger partial charge on any atom is 0.256 e. The van der Waals surface area contributed by atoms with Gasteiger partial charge in [-0.2, -0.15) is 9.19 Å². The zero-order chi connectivity index (χ0) is 13.6. The van der Waals surface area contributed by atoms with Gasteiger partial charge < -0.3 is 4.42 Å². The van der Waals surface area contributed by atoms with Gasteiger partial charge in [-0.25, -0.2) is 8.42 Å². The van der Waals surface area contributed by atoms with Crippen LogP contribution in [0.4, 0.5) is 0 Å². The van der Waals surface area contributed by atoms with Crippen LogP contribution < -0.4 is 0 Å². The SMILES string of the molecule is CC(C)c1nnc(-c2cnn(S(=O)(=O)C3CC3)c2)o1. The lowest BCUT2D eigenvalue weighted by atomic mass is 10.2. The van der Waals surface area contributed by atoms with E-state index in [4.69, 9.17) is 4.42 Å². The molecule has 19 heavy (non-hydrogen) atoms. The lowest BCUT2D eigenvalue weighted by molar-refractivity contribution is 0.481. The van der Waals surface area contributed by atoms with Crippen LogP contribution in [-0.2, 0) is 10.0 Å². The van der Waals surface area contributed by atoms with Crippen LogP contribution in [0.15, 0.2) is 16.8 Å². The Balaban J connectivity index is 1.92. The van der Waals surface area contributed by atoms with E-state index in [0.717, 1.165) is 4.09 Å². The number of rotatable bonds is 4. The van der Waals surface area contributed by atoms with Gasteiger partial charge in [0.1, 0.15) is 0 Å². The molecular formula is C11H14N4O3S. The molecule has 0 aliphatic heterocycles. The summed E-state index contributed by atoms with van der Waals surface area (Å²) in [5.74, 6) is 0.945. The fraction of sp³-hybridized carbons (Fsp3) is 0.545. The van der Waals surface area contributed by atoms with Crippen molar-refractivity contribution >= 4 is 10.0 Å². The number of nitrogens with zero attached hydrogens (tertiary/aromatic N) is 4. The third-order valence-electron chi connectivity index (χ3n) is 2.95. The summed E-state index contributed by atoms with van der Waals surface area (Å²) >= 11 is 0. The van der Waals surface area contributed by atoms with Crippen LogP contribution in [0.1, 0.15) is 38.5 Å². The first kappa shape index (κ1) is 12.3. The van der Waals surface area contributed by atoms with Crippen LogP contribution in [0.2, 0.25) is 0 Å². The third-order valence-corrected chi connectivity index (χ3v) is 4.98. The Kier molecular flexibility index (Phi) is 2.70. The Bertz CT molecular complexity index is 697. The van der Waals surface area contributed by atoms with E-state index in [1.807, 2.05) is 13.8 Å². The summed E-state index contributed by atoms with van der Waals surface area (Å²) in [5.41, 5.74) is 0.517. The topological polar surface area (TPSA) is 90.9 Å². The molecule has 0 atom stereocenters. The van der Waals surface area contributed by atoms with E-state index < -0.39 is 10.0 Å². The molecule has 1 fully saturated rings. The standard InChI is InChI=1S/C11H14N4O3S/c1-7(2)10-13-14-11(18-10)8-5-12-15(6-8)19(16,17)9-3-4-9/h5-7,9H,3-4H2,1-2H3. The maximum atomic E-state index is 12.0. The number of aromatic nitrogens is 4. The first-order valence-corrected chi connectivity index (χ1v) is 7.61. The van der Waals surface area contributed by atoms with E-state index in [-0.39, 0.29) is 11.2 Å². The van der Waals surface area contributed by atoms with Crippen molar-refractivity contribution in [3.8, 4) is 11.5 Å². The van der Waals surface area contributed by atoms with Gasteiger partial charge in [0.15, 0.2) is 0 Å². The molecule has 0 bridgehead atoms. The average molecular weight is 282 g/mol. The lowest BCUT2D eigenvalue weighted by Gasteiger charge is -1.99. The van der Waals surface area contributed by atoms with Gasteiger partial charge in [0.05, 0.1) is 23.2 Å². The van der Waals surface area contributed by atoms with Crippen LogP contribution >= 0.6 is 0 Å². The highest BCUT2D eigenvalue weighted by Gasteiger charge is 2.37. The van der Waals surface area contributed by atoms with E-state index in [2.05, 4.69) is 15.3 Å². The largest absolute Gasteiger partial charge is 0.420 e. The van der Waals surface area contributed by atoms with Crippen molar-refractivity contribution in [3.05, 3.63) is 18.3 Å². The van der Waals surface area contributed by atoms with E-state index in [1.54, 1.807) is 0 Å². The molecule has 0 saturated heterocycles. The highest BCUT2D eigenvalue weighted by molar-refractivity contribution is 7.90. The molecule has 102 valence electrons. The van der Waals surface area contributed by atoms with Crippen LogP contribution in [0.5, 0.6) is 0 Å². The minimum absolute atomic E-state index is 0.131. The van der Waals surface area contributed by atoms with Crippen molar-refractivity contribution in [2.45, 2.75) is 37.9 Å². The minimum Gasteiger partial charge on any atom is -0.420 e. The second kappa shape index (κ2) is 4.16. The van der Waals surface area contributed by atoms with Gasteiger partial charge in [0.25, 0.3) is 15.9 Å². The Labute approximate surface area is 110 Å². The van der Waals surface area contributed by atoms with Crippen molar-refractivity contribution < 1.29 is 12.8 Å². The van der Waals surface area contributed by atoms with Crippen LogP contribution in [0.25, 0.3) is 11.5 Å². The normalized spacial score (nSPS) is 16.2. The fourth-order valence-electron chi connectivity index (χ4n) is 1.66. The predicted molar refractivity (Wildman–Crippen MR) is 66.9 cm³/mol. The lowest BCUT2D eigenvalue weighted by Crippen LogP contribution is -2.17. The summed E-state index contributed by atoms with van der Waals surface area (Å²) in [6.07, 6.45) is 4.26. The third kappa shape index (κ3) is 2.16. The first-order valence-electron chi connectivity index (χ1n) is 6.11. The minimum atomic E-state index is -3.35. The molecule has 1 aliphatic rings. The van der Waals surface area contributed by atoms with Gasteiger partial charge >= 0.3 is 0 Å². The van der Waals surface area contributed by atoms with Crippen LogP contribution in [-0.4, -0.2) is 33.1 Å². The summed E-state index contributed by atoms with van der Waals surface area (Å²) in [6.45, 7) is 3.89. The van der Waals surface area contributed by atoms with Gasteiger partial charge in [-0.05, 0) is 12.8 Å². The molecule has 0 spiro atoms. The smallest absolute Gasteiger partial charge is 0.256 e. The number of hydrogen-bond donors (Lipinski definition) is 0. The molecule has 0 aromatic carbocycles. The molecule has 0 N–H and O–H groups in total. The molecule has 2 heterocycles. The molecular weight excluding hydrogens is 268 g/mol. The summed E-state index contributed by atoms with van der Waals surface area (Å²) in [7, 11) is -3.35. The molecule has 0 radical (unpaired) electrons. The maximum absolute atomic E-state index is 12.0. The van der Waals surface area contributed by atoms with Crippen molar-refractivity contribution in [2.24, 2.45) is 0 Å². The Morgan fingerprint density at radius 3 is 2.68 bits per heavy atom. The van der Waals surface area contributed by atoms with Gasteiger partial charge in [-0.15, -0.1) is 10.2 Å². The van der Waals surface area contributed by atoms with Crippen molar-refractivity contribution in [2.75, 3.05) is 0 Å². The quantitative estimate of drug-likeness (QED) is 0.841. The highest BCUT2D eigenvalue weighted by Crippen LogP contribution is 2.30. The van der Waals surface area contributed by atoms with E-state index >= 15 is 0 Å². The van der Waals surface area contributed by atoms with E-state index in [9.17, 15) is 8.42 Å². The molecule has 2 aromatic heterocycles. The average Bonchev–Trinajstić information content (AvgIpc) is 2.92. The second-order valence-corrected chi connectivity index (χ2v) is 7.02. The predicted octanol–water partition coefficient (Wildman–Crippen LogP) is 1.40. The monoisotopic (exact) mass is 282 g/mol. The molecule has 0 unspecified atom stereocenters. The van der Waals surface area contributed by atoms with Gasteiger partial charge in [0.2, 0.25) is 5.89 Å². The van der Waals surface area contributed by atoms with Crippen LogP contribution in [0.3, 0.4) is 0 Å². The molecule has 3 rings (SSSR count). The first-order chi connectivity index (χ1) is 8.98. The Morgan fingerprint density at radius 2 is 2.11 bits per heavy atom. The summed E-state index contributed by atoms with van der Waals surface area (Å²) in [4.78, 5) is 0. The fourth-order valence-corrected chi connectivity index (χ4v) is 3.13. The van der Waals surface area contributed by atoms with Crippen molar-refractivity contribution in [1.29, 1.82) is 0 Å². The summed E-state index contributed by atoms with van der Waals surface area (Å²) in [5, 5.41) is 11.4. The molecule has 0 amide bonds. The second-order valence-electron chi connectivity index (χ2n) is 4.95. The Morgan fingerprint density at radius 1 is 1.37 bits per heavy atom. The van der Waals surface area contributed by atoms with E-state index in [0.29, 0.717) is 30.2 Å². The molecule has 8 heteroatoms. The van der Waals surface area contributed by atoms with E-state index in [1.165, 1.54) is 12.4 Å². The zero-order valence-corrected chi connectivity index (χ0v) is 11.5.